The monoisotopic (exact) mass is 424 g/mol. The minimum absolute atomic E-state index is 0. The van der Waals surface area contributed by atoms with E-state index < -0.39 is 12.6 Å². The van der Waals surface area contributed by atoms with Crippen LogP contribution in [-0.2, 0) is 13.5 Å². The molecule has 0 aromatic carbocycles. The van der Waals surface area contributed by atoms with Gasteiger partial charge in [0.05, 0.1) is 23.7 Å². The molecule has 1 aliphatic heterocycles. The van der Waals surface area contributed by atoms with Gasteiger partial charge in [0.25, 0.3) is 0 Å². The highest BCUT2D eigenvalue weighted by molar-refractivity contribution is 7.18. The molecule has 1 saturated heterocycles. The lowest BCUT2D eigenvalue weighted by Gasteiger charge is -2.49. The second-order valence-corrected chi connectivity index (χ2v) is 9.38. The highest BCUT2D eigenvalue weighted by Crippen LogP contribution is 2.48. The molecule has 4 heterocycles. The summed E-state index contributed by atoms with van der Waals surface area (Å²) >= 11 is 1.10. The number of fused-ring (bicyclic) bond motifs is 1. The molecule has 1 unspecified atom stereocenters. The quantitative estimate of drug-likeness (QED) is 0.679. The number of hydrogen-bond donors (Lipinski definition) is 1. The summed E-state index contributed by atoms with van der Waals surface area (Å²) in [5.74, 6) is 0.758. The molecular weight excluding hydrogens is 401 g/mol. The maximum absolute atomic E-state index is 12.7. The highest BCUT2D eigenvalue weighted by atomic mass is 32.1. The van der Waals surface area contributed by atoms with E-state index in [1.165, 1.54) is 6.33 Å². The van der Waals surface area contributed by atoms with Gasteiger partial charge in [-0.3, -0.25) is 4.68 Å². The number of thiophene rings is 1. The van der Waals surface area contributed by atoms with Gasteiger partial charge in [-0.15, -0.1) is 11.3 Å². The van der Waals surface area contributed by atoms with Crippen LogP contribution < -0.4 is 10.2 Å². The Morgan fingerprint density at radius 2 is 2.17 bits per heavy atom. The van der Waals surface area contributed by atoms with E-state index in [1.54, 1.807) is 10.7 Å². The van der Waals surface area contributed by atoms with Crippen molar-refractivity contribution in [3.63, 3.8) is 0 Å². The normalized spacial score (nSPS) is 21.1. The molecule has 5 rings (SSSR count). The van der Waals surface area contributed by atoms with Gasteiger partial charge >= 0.3 is 6.18 Å². The Balaban J connectivity index is 0.00000218. The first-order chi connectivity index (χ1) is 13.8. The van der Waals surface area contributed by atoms with Gasteiger partial charge < -0.3 is 10.2 Å². The molecule has 0 radical (unpaired) electrons. The van der Waals surface area contributed by atoms with Gasteiger partial charge in [-0.25, -0.2) is 9.97 Å². The van der Waals surface area contributed by atoms with Crippen LogP contribution in [0.15, 0.2) is 24.8 Å². The predicted octanol–water partition coefficient (Wildman–Crippen LogP) is 4.25. The Labute approximate surface area is 171 Å². The molecule has 6 nitrogen and oxygen atoms in total. The van der Waals surface area contributed by atoms with Crippen molar-refractivity contribution >= 4 is 33.1 Å². The molecule has 3 aromatic heterocycles. The Bertz CT molecular complexity index is 1040. The molecule has 2 aliphatic rings. The standard InChI is InChI=1S/C19H21F3N6S.H2/c1-27-8-13(7-25-27)26-12-2-3-18(5-12)9-28(10-18)16-15-4-14(6-19(20,21)22)29-17(15)24-11-23-16;/h4,7-8,11-12,26H,2-3,5-6,9-10H2,1H3;1H. The van der Waals surface area contributed by atoms with Crippen LogP contribution in [0.3, 0.4) is 0 Å². The molecular formula is C19H23F3N6S. The number of halogens is 3. The minimum atomic E-state index is -4.21. The highest BCUT2D eigenvalue weighted by Gasteiger charge is 2.49. The van der Waals surface area contributed by atoms with Crippen molar-refractivity contribution in [1.82, 2.24) is 19.7 Å². The average Bonchev–Trinajstić information content (AvgIpc) is 3.30. The van der Waals surface area contributed by atoms with Gasteiger partial charge in [0, 0.05) is 44.1 Å². The van der Waals surface area contributed by atoms with E-state index in [4.69, 9.17) is 0 Å². The summed E-state index contributed by atoms with van der Waals surface area (Å²) in [6.45, 7) is 1.77. The molecule has 156 valence electrons. The van der Waals surface area contributed by atoms with Crippen molar-refractivity contribution < 1.29 is 14.6 Å². The van der Waals surface area contributed by atoms with Crippen LogP contribution in [0.5, 0.6) is 0 Å². The van der Waals surface area contributed by atoms with E-state index in [9.17, 15) is 13.2 Å². The smallest absolute Gasteiger partial charge is 0.380 e. The lowest BCUT2D eigenvalue weighted by molar-refractivity contribution is -0.126. The van der Waals surface area contributed by atoms with E-state index in [0.29, 0.717) is 10.9 Å². The summed E-state index contributed by atoms with van der Waals surface area (Å²) in [4.78, 5) is 11.7. The van der Waals surface area contributed by atoms with Crippen molar-refractivity contribution in [2.45, 2.75) is 37.9 Å². The van der Waals surface area contributed by atoms with E-state index in [1.807, 2.05) is 19.4 Å². The summed E-state index contributed by atoms with van der Waals surface area (Å²) < 4.78 is 40.0. The molecule has 1 saturated carbocycles. The van der Waals surface area contributed by atoms with Crippen LogP contribution in [0.25, 0.3) is 10.2 Å². The fourth-order valence-electron chi connectivity index (χ4n) is 4.69. The first kappa shape index (κ1) is 18.7. The SMILES string of the molecule is Cn1cc(NC2CCC3(C2)CN(c2ncnc4sc(CC(F)(F)F)cc24)C3)cn1.[HH]. The molecule has 10 heteroatoms. The number of anilines is 2. The topological polar surface area (TPSA) is 58.9 Å². The van der Waals surface area contributed by atoms with Gasteiger partial charge in [-0.1, -0.05) is 0 Å². The Morgan fingerprint density at radius 3 is 2.90 bits per heavy atom. The first-order valence-electron chi connectivity index (χ1n) is 9.59. The van der Waals surface area contributed by atoms with Crippen LogP contribution in [0.1, 0.15) is 25.6 Å². The summed E-state index contributed by atoms with van der Waals surface area (Å²) in [5.41, 5.74) is 1.29. The molecule has 1 atom stereocenters. The number of rotatable bonds is 4. The van der Waals surface area contributed by atoms with Crippen molar-refractivity contribution in [3.05, 3.63) is 29.7 Å². The summed E-state index contributed by atoms with van der Waals surface area (Å²) in [6, 6.07) is 2.03. The second kappa shape index (κ2) is 6.58. The Kier molecular flexibility index (Phi) is 4.23. The predicted molar refractivity (Wildman–Crippen MR) is 108 cm³/mol. The summed E-state index contributed by atoms with van der Waals surface area (Å²) in [5, 5.41) is 8.49. The van der Waals surface area contributed by atoms with Gasteiger partial charge in [0.1, 0.15) is 17.0 Å². The fourth-order valence-corrected chi connectivity index (χ4v) is 5.71. The third-order valence-corrected chi connectivity index (χ3v) is 6.91. The molecule has 1 aliphatic carbocycles. The van der Waals surface area contributed by atoms with Crippen LogP contribution in [0.4, 0.5) is 24.7 Å². The van der Waals surface area contributed by atoms with E-state index in [2.05, 4.69) is 25.3 Å². The molecule has 3 aromatic rings. The zero-order chi connectivity index (χ0) is 20.2. The van der Waals surface area contributed by atoms with E-state index in [0.717, 1.165) is 60.6 Å². The van der Waals surface area contributed by atoms with Crippen LogP contribution in [-0.4, -0.2) is 45.1 Å². The van der Waals surface area contributed by atoms with Crippen LogP contribution >= 0.6 is 11.3 Å². The van der Waals surface area contributed by atoms with Gasteiger partial charge in [-0.2, -0.15) is 18.3 Å². The van der Waals surface area contributed by atoms with Crippen LogP contribution in [0.2, 0.25) is 0 Å². The zero-order valence-electron chi connectivity index (χ0n) is 15.9. The second-order valence-electron chi connectivity index (χ2n) is 8.26. The first-order valence-corrected chi connectivity index (χ1v) is 10.4. The van der Waals surface area contributed by atoms with Crippen molar-refractivity contribution in [2.75, 3.05) is 23.3 Å². The van der Waals surface area contributed by atoms with E-state index in [-0.39, 0.29) is 11.7 Å². The molecule has 1 spiro atoms. The number of nitrogens with zero attached hydrogens (tertiary/aromatic N) is 5. The van der Waals surface area contributed by atoms with Crippen molar-refractivity contribution in [1.29, 1.82) is 0 Å². The molecule has 29 heavy (non-hydrogen) atoms. The number of aryl methyl sites for hydroxylation is 1. The molecule has 0 amide bonds. The summed E-state index contributed by atoms with van der Waals surface area (Å²) in [6.07, 6.45) is 3.46. The largest absolute Gasteiger partial charge is 0.393 e. The third kappa shape index (κ3) is 3.65. The van der Waals surface area contributed by atoms with Gasteiger partial charge in [-0.05, 0) is 25.3 Å². The zero-order valence-corrected chi connectivity index (χ0v) is 16.7. The number of aromatic nitrogens is 4. The number of hydrogen-bond acceptors (Lipinski definition) is 6. The lowest BCUT2D eigenvalue weighted by atomic mass is 9.78. The number of alkyl halides is 3. The maximum atomic E-state index is 12.7. The average molecular weight is 424 g/mol. The number of nitrogens with one attached hydrogen (secondary N) is 1. The minimum Gasteiger partial charge on any atom is -0.380 e. The molecule has 0 bridgehead atoms. The molecule has 1 N–H and O–H groups in total. The molecule has 2 fully saturated rings. The van der Waals surface area contributed by atoms with E-state index >= 15 is 0 Å². The lowest BCUT2D eigenvalue weighted by Crippen LogP contribution is -2.56. The Morgan fingerprint density at radius 1 is 1.34 bits per heavy atom. The van der Waals surface area contributed by atoms with Crippen molar-refractivity contribution in [3.8, 4) is 0 Å². The fraction of sp³-hybridized carbons (Fsp3) is 0.526. The third-order valence-electron chi connectivity index (χ3n) is 5.86. The van der Waals surface area contributed by atoms with Gasteiger partial charge in [0.2, 0.25) is 0 Å². The maximum Gasteiger partial charge on any atom is 0.393 e. The van der Waals surface area contributed by atoms with Gasteiger partial charge in [0.15, 0.2) is 0 Å². The van der Waals surface area contributed by atoms with Crippen LogP contribution in [0, 0.1) is 5.41 Å². The Hall–Kier alpha value is -2.36. The van der Waals surface area contributed by atoms with Crippen molar-refractivity contribution in [2.24, 2.45) is 12.5 Å². The summed E-state index contributed by atoms with van der Waals surface area (Å²) in [7, 11) is 1.90.